The van der Waals surface area contributed by atoms with Crippen LogP contribution in [-0.4, -0.2) is 28.9 Å². The lowest BCUT2D eigenvalue weighted by Crippen LogP contribution is -2.35. The Morgan fingerprint density at radius 3 is 2.69 bits per heavy atom. The van der Waals surface area contributed by atoms with Gasteiger partial charge in [0.05, 0.1) is 17.1 Å². The van der Waals surface area contributed by atoms with E-state index in [1.807, 2.05) is 24.3 Å². The number of aromatic nitrogens is 1. The number of pyridine rings is 1. The number of benzene rings is 2. The molecular weight excluding hydrogens is 394 g/mol. The number of nitrogens with zero attached hydrogens (tertiary/aromatic N) is 2. The SMILES string of the molecule is CCC(NC(=O)c1c2c(nc3ccccc13)CCN(CC)C2)c1ccc2c(c1)CCCC2. The summed E-state index contributed by atoms with van der Waals surface area (Å²) in [7, 11) is 0. The van der Waals surface area contributed by atoms with Crippen LogP contribution in [0.25, 0.3) is 10.9 Å². The van der Waals surface area contributed by atoms with Gasteiger partial charge in [0.25, 0.3) is 5.91 Å². The molecule has 4 nitrogen and oxygen atoms in total. The molecule has 2 aromatic carbocycles. The summed E-state index contributed by atoms with van der Waals surface area (Å²) in [6.45, 7) is 7.12. The maximum Gasteiger partial charge on any atom is 0.252 e. The van der Waals surface area contributed by atoms with Crippen molar-refractivity contribution < 1.29 is 4.79 Å². The second kappa shape index (κ2) is 9.03. The highest BCUT2D eigenvalue weighted by atomic mass is 16.1. The van der Waals surface area contributed by atoms with E-state index in [0.717, 1.165) is 66.6 Å². The van der Waals surface area contributed by atoms with E-state index in [0.29, 0.717) is 0 Å². The molecule has 1 aliphatic carbocycles. The average Bonchev–Trinajstić information content (AvgIpc) is 2.85. The van der Waals surface area contributed by atoms with Crippen molar-refractivity contribution in [2.75, 3.05) is 13.1 Å². The zero-order valence-corrected chi connectivity index (χ0v) is 19.3. The van der Waals surface area contributed by atoms with E-state index in [1.165, 1.54) is 36.0 Å². The molecular formula is C28H33N3O. The maximum absolute atomic E-state index is 13.8. The van der Waals surface area contributed by atoms with Crippen molar-refractivity contribution in [3.63, 3.8) is 0 Å². The molecule has 0 fully saturated rings. The molecule has 2 heterocycles. The summed E-state index contributed by atoms with van der Waals surface area (Å²) in [6, 6.07) is 14.9. The van der Waals surface area contributed by atoms with E-state index in [1.54, 1.807) is 0 Å². The van der Waals surface area contributed by atoms with Gasteiger partial charge in [-0.3, -0.25) is 14.7 Å². The van der Waals surface area contributed by atoms with Gasteiger partial charge in [-0.05, 0) is 61.4 Å². The molecule has 1 unspecified atom stereocenters. The predicted molar refractivity (Wildman–Crippen MR) is 130 cm³/mol. The molecule has 0 spiro atoms. The number of likely N-dealkylation sites (N-methyl/N-ethyl adjacent to an activating group) is 1. The van der Waals surface area contributed by atoms with E-state index in [4.69, 9.17) is 4.98 Å². The zero-order valence-electron chi connectivity index (χ0n) is 19.3. The van der Waals surface area contributed by atoms with Gasteiger partial charge >= 0.3 is 0 Å². The number of aryl methyl sites for hydroxylation is 2. The molecule has 1 aliphatic heterocycles. The van der Waals surface area contributed by atoms with Crippen LogP contribution >= 0.6 is 0 Å². The third kappa shape index (κ3) is 3.93. The first-order chi connectivity index (χ1) is 15.7. The second-order valence-electron chi connectivity index (χ2n) is 9.22. The van der Waals surface area contributed by atoms with Crippen molar-refractivity contribution in [3.05, 3.63) is 76.0 Å². The normalized spacial score (nSPS) is 16.9. The van der Waals surface area contributed by atoms with Crippen molar-refractivity contribution in [1.82, 2.24) is 15.2 Å². The summed E-state index contributed by atoms with van der Waals surface area (Å²) in [6.07, 6.45) is 6.66. The van der Waals surface area contributed by atoms with Gasteiger partial charge in [0.15, 0.2) is 0 Å². The smallest absolute Gasteiger partial charge is 0.252 e. The fourth-order valence-electron chi connectivity index (χ4n) is 5.40. The number of hydrogen-bond donors (Lipinski definition) is 1. The molecule has 4 heteroatoms. The lowest BCUT2D eigenvalue weighted by atomic mass is 9.88. The van der Waals surface area contributed by atoms with Gasteiger partial charge in [-0.15, -0.1) is 0 Å². The molecule has 0 bridgehead atoms. The number of para-hydroxylation sites is 1. The summed E-state index contributed by atoms with van der Waals surface area (Å²) in [4.78, 5) is 21.1. The molecule has 3 aromatic rings. The first-order valence-corrected chi connectivity index (χ1v) is 12.2. The maximum atomic E-state index is 13.8. The van der Waals surface area contributed by atoms with E-state index < -0.39 is 0 Å². The van der Waals surface area contributed by atoms with Crippen LogP contribution in [0, 0.1) is 0 Å². The van der Waals surface area contributed by atoms with E-state index in [-0.39, 0.29) is 11.9 Å². The molecule has 1 atom stereocenters. The lowest BCUT2D eigenvalue weighted by molar-refractivity contribution is 0.0934. The van der Waals surface area contributed by atoms with Gasteiger partial charge in [-0.2, -0.15) is 0 Å². The monoisotopic (exact) mass is 427 g/mol. The Kier molecular flexibility index (Phi) is 5.97. The number of rotatable bonds is 5. The average molecular weight is 428 g/mol. The van der Waals surface area contributed by atoms with Gasteiger partial charge < -0.3 is 5.32 Å². The number of carbonyl (C=O) groups is 1. The third-order valence-corrected chi connectivity index (χ3v) is 7.29. The van der Waals surface area contributed by atoms with Crippen molar-refractivity contribution >= 4 is 16.8 Å². The molecule has 5 rings (SSSR count). The quantitative estimate of drug-likeness (QED) is 0.595. The molecule has 1 N–H and O–H groups in total. The molecule has 1 aromatic heterocycles. The number of hydrogen-bond acceptors (Lipinski definition) is 3. The van der Waals surface area contributed by atoms with Gasteiger partial charge in [-0.25, -0.2) is 0 Å². The Morgan fingerprint density at radius 2 is 1.88 bits per heavy atom. The van der Waals surface area contributed by atoms with Gasteiger partial charge in [0, 0.05) is 36.2 Å². The van der Waals surface area contributed by atoms with Crippen molar-refractivity contribution in [1.29, 1.82) is 0 Å². The van der Waals surface area contributed by atoms with Crippen LogP contribution in [0.15, 0.2) is 42.5 Å². The highest BCUT2D eigenvalue weighted by Gasteiger charge is 2.26. The van der Waals surface area contributed by atoms with E-state index >= 15 is 0 Å². The van der Waals surface area contributed by atoms with Crippen molar-refractivity contribution in [2.24, 2.45) is 0 Å². The molecule has 32 heavy (non-hydrogen) atoms. The minimum atomic E-state index is 0.0168. The van der Waals surface area contributed by atoms with E-state index in [2.05, 4.69) is 42.3 Å². The third-order valence-electron chi connectivity index (χ3n) is 7.29. The van der Waals surface area contributed by atoms with Crippen molar-refractivity contribution in [2.45, 2.75) is 65.0 Å². The Bertz CT molecular complexity index is 1150. The summed E-state index contributed by atoms with van der Waals surface area (Å²) in [5, 5.41) is 4.36. The summed E-state index contributed by atoms with van der Waals surface area (Å²) < 4.78 is 0. The van der Waals surface area contributed by atoms with Crippen molar-refractivity contribution in [3.8, 4) is 0 Å². The minimum Gasteiger partial charge on any atom is -0.345 e. The largest absolute Gasteiger partial charge is 0.345 e. The van der Waals surface area contributed by atoms with Crippen LogP contribution in [0.4, 0.5) is 0 Å². The van der Waals surface area contributed by atoms with Crippen LogP contribution in [-0.2, 0) is 25.8 Å². The van der Waals surface area contributed by atoms with Gasteiger partial charge in [0.1, 0.15) is 0 Å². The highest BCUT2D eigenvalue weighted by molar-refractivity contribution is 6.07. The van der Waals surface area contributed by atoms with Gasteiger partial charge in [0.2, 0.25) is 0 Å². The number of fused-ring (bicyclic) bond motifs is 3. The van der Waals surface area contributed by atoms with Gasteiger partial charge in [-0.1, -0.05) is 50.2 Å². The number of nitrogens with one attached hydrogen (secondary N) is 1. The fourth-order valence-corrected chi connectivity index (χ4v) is 5.40. The van der Waals surface area contributed by atoms with Crippen LogP contribution < -0.4 is 5.32 Å². The summed E-state index contributed by atoms with van der Waals surface area (Å²) in [5.74, 6) is 0.0300. The second-order valence-corrected chi connectivity index (χ2v) is 9.22. The fraction of sp³-hybridized carbons (Fsp3) is 0.429. The lowest BCUT2D eigenvalue weighted by Gasteiger charge is -2.29. The molecule has 0 saturated heterocycles. The highest BCUT2D eigenvalue weighted by Crippen LogP contribution is 2.30. The Balaban J connectivity index is 1.51. The number of carbonyl (C=O) groups excluding carboxylic acids is 1. The van der Waals surface area contributed by atoms with Crippen LogP contribution in [0.2, 0.25) is 0 Å². The molecule has 2 aliphatic rings. The van der Waals surface area contributed by atoms with Crippen LogP contribution in [0.1, 0.15) is 77.5 Å². The molecule has 0 radical (unpaired) electrons. The van der Waals surface area contributed by atoms with Crippen LogP contribution in [0.3, 0.4) is 0 Å². The summed E-state index contributed by atoms with van der Waals surface area (Å²) >= 11 is 0. The Hall–Kier alpha value is -2.72. The minimum absolute atomic E-state index is 0.0168. The Morgan fingerprint density at radius 1 is 1.06 bits per heavy atom. The zero-order chi connectivity index (χ0) is 22.1. The van der Waals surface area contributed by atoms with E-state index in [9.17, 15) is 4.79 Å². The Labute approximate surface area is 191 Å². The molecule has 1 amide bonds. The predicted octanol–water partition coefficient (Wildman–Crippen LogP) is 5.37. The molecule has 166 valence electrons. The standard InChI is InChI=1S/C28H33N3O/c1-3-24(21-14-13-19-9-5-6-10-20(19)17-21)30-28(32)27-22-11-7-8-12-25(22)29-26-15-16-31(4-2)18-23(26)27/h7-8,11-14,17,24H,3-6,9-10,15-16,18H2,1-2H3,(H,30,32). The topological polar surface area (TPSA) is 45.2 Å². The van der Waals surface area contributed by atoms with Crippen LogP contribution in [0.5, 0.6) is 0 Å². The summed E-state index contributed by atoms with van der Waals surface area (Å²) in [5.41, 5.74) is 8.10. The number of amides is 1. The first kappa shape index (κ1) is 21.1. The molecule has 0 saturated carbocycles. The first-order valence-electron chi connectivity index (χ1n) is 12.2.